The minimum absolute atomic E-state index is 0.0562. The van der Waals surface area contributed by atoms with Gasteiger partial charge in [-0.2, -0.15) is 0 Å². The van der Waals surface area contributed by atoms with Gasteiger partial charge in [0, 0.05) is 7.05 Å². The van der Waals surface area contributed by atoms with Gasteiger partial charge in [-0.1, -0.05) is 17.6 Å². The van der Waals surface area contributed by atoms with Gasteiger partial charge >= 0.3 is 11.7 Å². The average Bonchev–Trinajstić information content (AvgIpc) is 2.55. The van der Waals surface area contributed by atoms with E-state index >= 15 is 0 Å². The summed E-state index contributed by atoms with van der Waals surface area (Å²) in [4.78, 5) is 12.0. The highest BCUT2D eigenvalue weighted by Gasteiger charge is 2.15. The molecule has 6 heteroatoms. The molecule has 0 saturated heterocycles. The van der Waals surface area contributed by atoms with Crippen LogP contribution in [0.5, 0.6) is 6.01 Å². The van der Waals surface area contributed by atoms with Crippen molar-refractivity contribution in [3.63, 3.8) is 0 Å². The summed E-state index contributed by atoms with van der Waals surface area (Å²) in [5, 5.41) is 4.06. The molecule has 5 nitrogen and oxygen atoms in total. The largest absolute Gasteiger partial charge is 0.461 e. The fraction of sp³-hybridized carbons (Fsp3) is 0.333. The van der Waals surface area contributed by atoms with Gasteiger partial charge in [0.25, 0.3) is 0 Å². The summed E-state index contributed by atoms with van der Waals surface area (Å²) < 4.78 is 8.19. The van der Waals surface area contributed by atoms with Crippen LogP contribution < -0.4 is 15.9 Å². The fourth-order valence-corrected chi connectivity index (χ4v) is 1.57. The topological polar surface area (TPSA) is 49.0 Å². The molecule has 2 radical (unpaired) electrons. The van der Waals surface area contributed by atoms with Crippen molar-refractivity contribution in [3.8, 4) is 11.7 Å². The quantitative estimate of drug-likeness (QED) is 0.721. The monoisotopic (exact) mass is 243 g/mol. The maximum atomic E-state index is 12.0. The number of ether oxygens (including phenoxy) is 1. The van der Waals surface area contributed by atoms with E-state index in [2.05, 4.69) is 5.10 Å². The third-order valence-corrected chi connectivity index (χ3v) is 2.39. The maximum Gasteiger partial charge on any atom is 0.353 e. The van der Waals surface area contributed by atoms with E-state index in [-0.39, 0.29) is 17.8 Å². The first-order valence-corrected chi connectivity index (χ1v) is 5.67. The van der Waals surface area contributed by atoms with Gasteiger partial charge in [0.2, 0.25) is 0 Å². The predicted octanol–water partition coefficient (Wildman–Crippen LogP) is 0.152. The van der Waals surface area contributed by atoms with Gasteiger partial charge < -0.3 is 4.74 Å². The number of hydrogen-bond donors (Lipinski definition) is 0. The van der Waals surface area contributed by atoms with Crippen molar-refractivity contribution in [2.75, 3.05) is 0 Å². The van der Waals surface area contributed by atoms with Crippen LogP contribution in [0.3, 0.4) is 0 Å². The highest BCUT2D eigenvalue weighted by molar-refractivity contribution is 6.32. The Labute approximate surface area is 106 Å². The molecule has 18 heavy (non-hydrogen) atoms. The summed E-state index contributed by atoms with van der Waals surface area (Å²) in [5.41, 5.74) is 1.07. The Morgan fingerprint density at radius 3 is 2.44 bits per heavy atom. The maximum absolute atomic E-state index is 12.0. The molecule has 2 rings (SSSR count). The fourth-order valence-electron chi connectivity index (χ4n) is 1.57. The van der Waals surface area contributed by atoms with Crippen molar-refractivity contribution in [2.24, 2.45) is 7.05 Å². The van der Waals surface area contributed by atoms with E-state index < -0.39 is 0 Å². The van der Waals surface area contributed by atoms with Crippen LogP contribution in [0.4, 0.5) is 0 Å². The Kier molecular flexibility index (Phi) is 3.27. The van der Waals surface area contributed by atoms with Crippen molar-refractivity contribution in [2.45, 2.75) is 20.0 Å². The Morgan fingerprint density at radius 1 is 1.28 bits per heavy atom. The Balaban J connectivity index is 2.55. The van der Waals surface area contributed by atoms with Gasteiger partial charge in [0.15, 0.2) is 0 Å². The molecular formula is C12H14BN3O2. The van der Waals surface area contributed by atoms with Crippen LogP contribution in [-0.4, -0.2) is 28.3 Å². The summed E-state index contributed by atoms with van der Waals surface area (Å²) >= 11 is 0. The zero-order chi connectivity index (χ0) is 13.3. The Bertz CT molecular complexity index is 599. The predicted molar refractivity (Wildman–Crippen MR) is 70.0 cm³/mol. The number of rotatable bonds is 3. The lowest BCUT2D eigenvalue weighted by atomic mass is 9.96. The lowest BCUT2D eigenvalue weighted by molar-refractivity contribution is 0.216. The SMILES string of the molecule is [B]c1ccc(-n2c(OC(C)C)nn(C)c2=O)cc1. The molecule has 0 N–H and O–H groups in total. The van der Waals surface area contributed by atoms with E-state index in [9.17, 15) is 4.79 Å². The minimum Gasteiger partial charge on any atom is -0.461 e. The van der Waals surface area contributed by atoms with Gasteiger partial charge in [0.1, 0.15) is 7.85 Å². The molecule has 1 heterocycles. The lowest BCUT2D eigenvalue weighted by Gasteiger charge is -2.09. The number of aryl methyl sites for hydroxylation is 1. The molecule has 0 unspecified atom stereocenters. The first-order valence-electron chi connectivity index (χ1n) is 5.67. The third-order valence-electron chi connectivity index (χ3n) is 2.39. The molecule has 0 fully saturated rings. The van der Waals surface area contributed by atoms with Gasteiger partial charge in [-0.25, -0.2) is 14.0 Å². The number of hydrogen-bond acceptors (Lipinski definition) is 3. The molecule has 1 aromatic heterocycles. The van der Waals surface area contributed by atoms with Gasteiger partial charge in [0.05, 0.1) is 11.8 Å². The second kappa shape index (κ2) is 4.72. The molecule has 0 spiro atoms. The zero-order valence-corrected chi connectivity index (χ0v) is 10.6. The highest BCUT2D eigenvalue weighted by atomic mass is 16.5. The van der Waals surface area contributed by atoms with Crippen molar-refractivity contribution in [1.29, 1.82) is 0 Å². The van der Waals surface area contributed by atoms with E-state index in [1.54, 1.807) is 31.3 Å². The number of aromatic nitrogens is 3. The molecule has 0 amide bonds. The minimum atomic E-state index is -0.254. The summed E-state index contributed by atoms with van der Waals surface area (Å²) in [6.45, 7) is 3.76. The van der Waals surface area contributed by atoms with Crippen LogP contribution in [0.15, 0.2) is 29.1 Å². The van der Waals surface area contributed by atoms with Crippen LogP contribution in [0.2, 0.25) is 0 Å². The van der Waals surface area contributed by atoms with Crippen molar-refractivity contribution < 1.29 is 4.74 Å². The van der Waals surface area contributed by atoms with Gasteiger partial charge in [-0.3, -0.25) is 0 Å². The first-order chi connectivity index (χ1) is 8.49. The first kappa shape index (κ1) is 12.5. The molecule has 92 valence electrons. The average molecular weight is 243 g/mol. The normalized spacial score (nSPS) is 10.9. The second-order valence-corrected chi connectivity index (χ2v) is 4.28. The van der Waals surface area contributed by atoms with Crippen molar-refractivity contribution in [1.82, 2.24) is 14.3 Å². The van der Waals surface area contributed by atoms with E-state index in [0.717, 1.165) is 0 Å². The van der Waals surface area contributed by atoms with Gasteiger partial charge in [-0.15, -0.1) is 5.10 Å². The molecule has 0 bridgehead atoms. The van der Waals surface area contributed by atoms with E-state index in [1.807, 2.05) is 13.8 Å². The molecule has 0 aliphatic heterocycles. The van der Waals surface area contributed by atoms with E-state index in [1.165, 1.54) is 9.25 Å². The Hall–Kier alpha value is -1.98. The smallest absolute Gasteiger partial charge is 0.353 e. The third kappa shape index (κ3) is 2.32. The molecule has 2 aromatic rings. The molecular weight excluding hydrogens is 229 g/mol. The van der Waals surface area contributed by atoms with Crippen LogP contribution >= 0.6 is 0 Å². The summed E-state index contributed by atoms with van der Waals surface area (Å²) in [5.74, 6) is 0. The van der Waals surface area contributed by atoms with Crippen LogP contribution in [0.25, 0.3) is 5.69 Å². The van der Waals surface area contributed by atoms with Crippen molar-refractivity contribution in [3.05, 3.63) is 34.7 Å². The summed E-state index contributed by atoms with van der Waals surface area (Å²) in [7, 11) is 7.21. The van der Waals surface area contributed by atoms with Crippen LogP contribution in [0, 0.1) is 0 Å². The van der Waals surface area contributed by atoms with E-state index in [4.69, 9.17) is 12.6 Å². The highest BCUT2D eigenvalue weighted by Crippen LogP contribution is 2.13. The summed E-state index contributed by atoms with van der Waals surface area (Å²) in [6.07, 6.45) is -0.0562. The second-order valence-electron chi connectivity index (χ2n) is 4.28. The van der Waals surface area contributed by atoms with Crippen LogP contribution in [-0.2, 0) is 7.05 Å². The van der Waals surface area contributed by atoms with E-state index in [0.29, 0.717) is 11.2 Å². The number of benzene rings is 1. The van der Waals surface area contributed by atoms with Gasteiger partial charge in [-0.05, 0) is 26.0 Å². The molecule has 0 aliphatic rings. The molecule has 0 saturated carbocycles. The molecule has 0 aliphatic carbocycles. The summed E-state index contributed by atoms with van der Waals surface area (Å²) in [6, 6.07) is 7.25. The molecule has 0 atom stereocenters. The Morgan fingerprint density at radius 2 is 1.89 bits per heavy atom. The van der Waals surface area contributed by atoms with Crippen LogP contribution in [0.1, 0.15) is 13.8 Å². The van der Waals surface area contributed by atoms with Crippen molar-refractivity contribution >= 4 is 13.3 Å². The molecule has 1 aromatic carbocycles. The lowest BCUT2D eigenvalue weighted by Crippen LogP contribution is -2.22. The zero-order valence-electron chi connectivity index (χ0n) is 10.6. The number of nitrogens with zero attached hydrogens (tertiary/aromatic N) is 3. The standard InChI is InChI=1S/C12H14BN3O2/c1-8(2)18-11-14-15(3)12(17)16(11)10-6-4-9(13)5-7-10/h4-8H,1-3H3.